The largest absolute Gasteiger partial charge is 0.496 e. The number of carbonyl (C=O) groups excluding carboxylic acids is 1. The minimum atomic E-state index is -0.402. The number of nitrogens with zero attached hydrogens (tertiary/aromatic N) is 2. The van der Waals surface area contributed by atoms with Crippen molar-refractivity contribution >= 4 is 29.2 Å². The highest BCUT2D eigenvalue weighted by molar-refractivity contribution is 5.93. The maximum Gasteiger partial charge on any atom is 0.339 e. The third kappa shape index (κ3) is 4.64. The predicted octanol–water partition coefficient (Wildman–Crippen LogP) is 5.26. The molecular formula is C24H30N4O2. The fraction of sp³-hybridized carbons (Fsp3) is 0.333. The van der Waals surface area contributed by atoms with E-state index >= 15 is 0 Å². The van der Waals surface area contributed by atoms with Crippen LogP contribution in [-0.4, -0.2) is 31.4 Å². The van der Waals surface area contributed by atoms with Crippen molar-refractivity contribution in [1.82, 2.24) is 5.43 Å². The van der Waals surface area contributed by atoms with Gasteiger partial charge in [0.15, 0.2) is 0 Å². The number of hydrazone groups is 1. The maximum atomic E-state index is 12.0. The highest BCUT2D eigenvalue weighted by Crippen LogP contribution is 2.41. The average Bonchev–Trinajstić information content (AvgIpc) is 2.71. The van der Waals surface area contributed by atoms with Crippen LogP contribution in [0.4, 0.5) is 16.2 Å². The smallest absolute Gasteiger partial charge is 0.339 e. The zero-order valence-corrected chi connectivity index (χ0v) is 18.3. The van der Waals surface area contributed by atoms with Gasteiger partial charge in [0, 0.05) is 35.1 Å². The van der Waals surface area contributed by atoms with Gasteiger partial charge < -0.3 is 15.0 Å². The number of fused-ring (bicyclic) bond motifs is 1. The van der Waals surface area contributed by atoms with E-state index in [1.54, 1.807) is 13.3 Å². The van der Waals surface area contributed by atoms with Crippen molar-refractivity contribution in [3.8, 4) is 5.75 Å². The van der Waals surface area contributed by atoms with Crippen molar-refractivity contribution in [2.75, 3.05) is 23.9 Å². The van der Waals surface area contributed by atoms with E-state index < -0.39 is 6.03 Å². The maximum absolute atomic E-state index is 12.0. The molecular weight excluding hydrogens is 376 g/mol. The highest BCUT2D eigenvalue weighted by Gasteiger charge is 2.31. The van der Waals surface area contributed by atoms with Gasteiger partial charge in [-0.1, -0.05) is 31.2 Å². The molecule has 0 aromatic heterocycles. The van der Waals surface area contributed by atoms with Crippen molar-refractivity contribution < 1.29 is 9.53 Å². The molecule has 0 saturated carbocycles. The molecule has 3 rings (SSSR count). The number of hydrogen-bond acceptors (Lipinski definition) is 4. The molecule has 0 bridgehead atoms. The van der Waals surface area contributed by atoms with Gasteiger partial charge in [-0.05, 0) is 51.0 Å². The normalized spacial score (nSPS) is 14.8. The van der Waals surface area contributed by atoms with Gasteiger partial charge in [-0.2, -0.15) is 5.10 Å². The fourth-order valence-corrected chi connectivity index (χ4v) is 3.87. The van der Waals surface area contributed by atoms with Crippen LogP contribution >= 0.6 is 0 Å². The number of benzene rings is 2. The van der Waals surface area contributed by atoms with Crippen LogP contribution < -0.4 is 20.4 Å². The fourth-order valence-electron chi connectivity index (χ4n) is 3.87. The van der Waals surface area contributed by atoms with E-state index in [0.29, 0.717) is 5.69 Å². The third-order valence-corrected chi connectivity index (χ3v) is 5.18. The summed E-state index contributed by atoms with van der Waals surface area (Å²) in [5.74, 6) is 0.717. The Morgan fingerprint density at radius 1 is 1.23 bits per heavy atom. The number of anilines is 2. The van der Waals surface area contributed by atoms with Crippen LogP contribution in [0.15, 0.2) is 53.6 Å². The van der Waals surface area contributed by atoms with Gasteiger partial charge in [0.25, 0.3) is 0 Å². The first-order valence-corrected chi connectivity index (χ1v) is 10.2. The van der Waals surface area contributed by atoms with Crippen LogP contribution in [0.2, 0.25) is 0 Å². The summed E-state index contributed by atoms with van der Waals surface area (Å²) in [6.07, 6.45) is 4.96. The first-order valence-electron chi connectivity index (χ1n) is 10.2. The molecule has 2 N–H and O–H groups in total. The number of ether oxygens (including phenoxy) is 1. The number of urea groups is 1. The summed E-state index contributed by atoms with van der Waals surface area (Å²) in [5.41, 5.74) is 7.48. The topological polar surface area (TPSA) is 66.0 Å². The number of hydrogen-bond donors (Lipinski definition) is 2. The number of carbonyl (C=O) groups is 1. The summed E-state index contributed by atoms with van der Waals surface area (Å²) in [6.45, 7) is 9.73. The number of nitrogens with one attached hydrogen (secondary N) is 2. The second kappa shape index (κ2) is 9.03. The molecule has 1 heterocycles. The van der Waals surface area contributed by atoms with E-state index in [9.17, 15) is 4.79 Å². The lowest BCUT2D eigenvalue weighted by Crippen LogP contribution is -2.45. The Hall–Kier alpha value is -3.28. The summed E-state index contributed by atoms with van der Waals surface area (Å²) in [6, 6.07) is 13.0. The number of para-hydroxylation sites is 1. The number of rotatable bonds is 6. The summed E-state index contributed by atoms with van der Waals surface area (Å²) in [5, 5.41) is 6.84. The lowest BCUT2D eigenvalue weighted by Gasteiger charge is -2.43. The molecule has 2 amide bonds. The second-order valence-electron chi connectivity index (χ2n) is 7.93. The predicted molar refractivity (Wildman–Crippen MR) is 125 cm³/mol. The monoisotopic (exact) mass is 406 g/mol. The molecule has 158 valence electrons. The Bertz CT molecular complexity index is 965. The summed E-state index contributed by atoms with van der Waals surface area (Å²) in [7, 11) is 1.65. The molecule has 6 nitrogen and oxygen atoms in total. The molecule has 1 aliphatic rings. The number of amides is 2. The standard InChI is InChI=1S/C24H30N4O2/c1-6-12-28-21-14-22(30-5)18(13-20(21)17(2)15-24(28,3)4)16-25-27-23(29)26-19-10-8-7-9-11-19/h7-11,13-16H,6,12H2,1-5H3,(H2,26,27,29)/b25-16+. The molecule has 0 radical (unpaired) electrons. The van der Waals surface area contributed by atoms with E-state index in [4.69, 9.17) is 4.74 Å². The third-order valence-electron chi connectivity index (χ3n) is 5.18. The molecule has 2 aromatic carbocycles. The lowest BCUT2D eigenvalue weighted by atomic mass is 9.87. The molecule has 0 atom stereocenters. The molecule has 6 heteroatoms. The van der Waals surface area contributed by atoms with Crippen LogP contribution in [0.3, 0.4) is 0 Å². The minimum Gasteiger partial charge on any atom is -0.496 e. The molecule has 30 heavy (non-hydrogen) atoms. The van der Waals surface area contributed by atoms with Gasteiger partial charge in [0.1, 0.15) is 5.75 Å². The van der Waals surface area contributed by atoms with E-state index in [1.807, 2.05) is 30.3 Å². The first kappa shape index (κ1) is 21.4. The van der Waals surface area contributed by atoms with Gasteiger partial charge in [-0.25, -0.2) is 10.2 Å². The molecule has 0 unspecified atom stereocenters. The molecule has 2 aromatic rings. The van der Waals surface area contributed by atoms with Gasteiger partial charge in [0.05, 0.1) is 18.9 Å². The zero-order valence-electron chi connectivity index (χ0n) is 18.3. The zero-order chi connectivity index (χ0) is 21.7. The molecule has 0 spiro atoms. The molecule has 1 aliphatic heterocycles. The Morgan fingerprint density at radius 2 is 1.97 bits per heavy atom. The van der Waals surface area contributed by atoms with E-state index in [0.717, 1.165) is 35.5 Å². The first-order chi connectivity index (χ1) is 14.4. The summed E-state index contributed by atoms with van der Waals surface area (Å²) < 4.78 is 5.63. The molecule has 0 fully saturated rings. The Kier molecular flexibility index (Phi) is 6.45. The second-order valence-corrected chi connectivity index (χ2v) is 7.93. The molecule has 0 aliphatic carbocycles. The van der Waals surface area contributed by atoms with Crippen LogP contribution in [0.25, 0.3) is 5.57 Å². The lowest BCUT2D eigenvalue weighted by molar-refractivity contribution is 0.252. The van der Waals surface area contributed by atoms with E-state index in [2.05, 4.69) is 66.6 Å². The van der Waals surface area contributed by atoms with E-state index in [1.165, 1.54) is 5.57 Å². The quantitative estimate of drug-likeness (QED) is 0.508. The Labute approximate surface area is 178 Å². The van der Waals surface area contributed by atoms with Crippen molar-refractivity contribution in [2.45, 2.75) is 39.7 Å². The van der Waals surface area contributed by atoms with Crippen molar-refractivity contribution in [2.24, 2.45) is 5.10 Å². The SMILES string of the molecule is CCCN1c2cc(OC)c(/C=N/NC(=O)Nc3ccccc3)cc2C(C)=CC1(C)C. The van der Waals surface area contributed by atoms with Gasteiger partial charge in [-0.3, -0.25) is 0 Å². The van der Waals surface area contributed by atoms with Crippen LogP contribution in [0.1, 0.15) is 45.2 Å². The number of methoxy groups -OCH3 is 1. The van der Waals surface area contributed by atoms with Crippen molar-refractivity contribution in [3.63, 3.8) is 0 Å². The highest BCUT2D eigenvalue weighted by atomic mass is 16.5. The Balaban J connectivity index is 1.83. The van der Waals surface area contributed by atoms with Gasteiger partial charge in [0.2, 0.25) is 0 Å². The van der Waals surface area contributed by atoms with Crippen molar-refractivity contribution in [1.29, 1.82) is 0 Å². The molecule has 0 saturated heterocycles. The van der Waals surface area contributed by atoms with Crippen LogP contribution in [-0.2, 0) is 0 Å². The average molecular weight is 407 g/mol. The van der Waals surface area contributed by atoms with Gasteiger partial charge in [-0.15, -0.1) is 0 Å². The minimum absolute atomic E-state index is 0.0647. The summed E-state index contributed by atoms with van der Waals surface area (Å²) in [4.78, 5) is 14.5. The van der Waals surface area contributed by atoms with Crippen molar-refractivity contribution in [3.05, 3.63) is 59.7 Å². The number of allylic oxidation sites excluding steroid dienone is 1. The van der Waals surface area contributed by atoms with E-state index in [-0.39, 0.29) is 5.54 Å². The van der Waals surface area contributed by atoms with Gasteiger partial charge >= 0.3 is 6.03 Å². The Morgan fingerprint density at radius 3 is 2.63 bits per heavy atom. The van der Waals surface area contributed by atoms with Crippen LogP contribution in [0.5, 0.6) is 5.75 Å². The van der Waals surface area contributed by atoms with Crippen LogP contribution in [0, 0.1) is 0 Å². The summed E-state index contributed by atoms with van der Waals surface area (Å²) >= 11 is 0.